The van der Waals surface area contributed by atoms with Crippen LogP contribution < -0.4 is 10.9 Å². The van der Waals surface area contributed by atoms with Gasteiger partial charge in [-0.25, -0.2) is 9.78 Å². The second-order valence-corrected chi connectivity index (χ2v) is 12.6. The molecule has 0 aliphatic carbocycles. The molecule has 2 aromatic carbocycles. The van der Waals surface area contributed by atoms with Crippen molar-refractivity contribution in [3.05, 3.63) is 91.6 Å². The van der Waals surface area contributed by atoms with E-state index < -0.39 is 17.7 Å². The first kappa shape index (κ1) is 32.4. The molecule has 4 rings (SSSR count). The van der Waals surface area contributed by atoms with Crippen LogP contribution in [0.1, 0.15) is 74.0 Å². The Hall–Kier alpha value is -3.47. The smallest absolute Gasteiger partial charge is 0.407 e. The van der Waals surface area contributed by atoms with E-state index in [0.29, 0.717) is 34.6 Å². The molecule has 9 nitrogen and oxygen atoms in total. The molecule has 1 N–H and O–H groups in total. The first-order valence-electron chi connectivity index (χ1n) is 14.0. The van der Waals surface area contributed by atoms with Gasteiger partial charge in [-0.2, -0.15) is 4.37 Å². The van der Waals surface area contributed by atoms with E-state index in [-0.39, 0.29) is 46.7 Å². The van der Waals surface area contributed by atoms with E-state index in [1.807, 2.05) is 37.3 Å². The SMILES string of the molecule is CCC(c1nc2snc(C)c2c(=O)n1Cc1ccccc1)N(CCCNC(=O)OC(C)(C)C)C(=O)c1cccc(Cl)c1Cl. The van der Waals surface area contributed by atoms with Crippen molar-refractivity contribution in [2.75, 3.05) is 13.1 Å². The molecule has 1 atom stereocenters. The first-order valence-corrected chi connectivity index (χ1v) is 15.6. The molecule has 0 aliphatic rings. The molecule has 0 saturated carbocycles. The van der Waals surface area contributed by atoms with Crippen LogP contribution in [0, 0.1) is 6.92 Å². The molecule has 0 bridgehead atoms. The number of rotatable bonds is 10. The topological polar surface area (TPSA) is 106 Å². The quantitative estimate of drug-likeness (QED) is 0.186. The van der Waals surface area contributed by atoms with Crippen molar-refractivity contribution in [1.82, 2.24) is 24.1 Å². The summed E-state index contributed by atoms with van der Waals surface area (Å²) in [4.78, 5) is 47.5. The molecule has 2 aromatic heterocycles. The second-order valence-electron chi connectivity index (χ2n) is 11.1. The van der Waals surface area contributed by atoms with E-state index in [1.54, 1.807) is 55.4 Å². The summed E-state index contributed by atoms with van der Waals surface area (Å²) >= 11 is 13.9. The Morgan fingerprint density at radius 3 is 2.51 bits per heavy atom. The third kappa shape index (κ3) is 7.74. The van der Waals surface area contributed by atoms with Gasteiger partial charge in [-0.05, 0) is 69.8 Å². The van der Waals surface area contributed by atoms with Gasteiger partial charge in [0.25, 0.3) is 11.5 Å². The number of benzene rings is 2. The van der Waals surface area contributed by atoms with E-state index in [9.17, 15) is 14.4 Å². The van der Waals surface area contributed by atoms with Crippen LogP contribution in [0.25, 0.3) is 10.2 Å². The molecule has 0 aliphatic heterocycles. The van der Waals surface area contributed by atoms with Gasteiger partial charge >= 0.3 is 6.09 Å². The lowest BCUT2D eigenvalue weighted by Crippen LogP contribution is -2.41. The van der Waals surface area contributed by atoms with Gasteiger partial charge in [0, 0.05) is 13.1 Å². The highest BCUT2D eigenvalue weighted by Gasteiger charge is 2.31. The van der Waals surface area contributed by atoms with Crippen molar-refractivity contribution in [3.63, 3.8) is 0 Å². The molecule has 2 amide bonds. The first-order chi connectivity index (χ1) is 20.4. The van der Waals surface area contributed by atoms with Crippen LogP contribution in [-0.2, 0) is 11.3 Å². The number of halogens is 2. The Morgan fingerprint density at radius 1 is 1.12 bits per heavy atom. The molecule has 0 spiro atoms. The summed E-state index contributed by atoms with van der Waals surface area (Å²) < 4.78 is 11.4. The van der Waals surface area contributed by atoms with Crippen molar-refractivity contribution in [3.8, 4) is 0 Å². The van der Waals surface area contributed by atoms with Gasteiger partial charge in [0.15, 0.2) is 4.83 Å². The largest absolute Gasteiger partial charge is 0.444 e. The lowest BCUT2D eigenvalue weighted by Gasteiger charge is -2.33. The van der Waals surface area contributed by atoms with Crippen molar-refractivity contribution in [2.45, 2.75) is 65.6 Å². The normalized spacial score (nSPS) is 12.3. The minimum absolute atomic E-state index is 0.143. The van der Waals surface area contributed by atoms with Gasteiger partial charge < -0.3 is 15.0 Å². The van der Waals surface area contributed by atoms with Gasteiger partial charge in [0.05, 0.1) is 39.3 Å². The number of aromatic nitrogens is 3. The molecule has 43 heavy (non-hydrogen) atoms. The molecule has 4 aromatic rings. The van der Waals surface area contributed by atoms with Crippen LogP contribution in [0.3, 0.4) is 0 Å². The molecule has 0 radical (unpaired) electrons. The fraction of sp³-hybridized carbons (Fsp3) is 0.387. The zero-order valence-electron chi connectivity index (χ0n) is 24.8. The number of ether oxygens (including phenoxy) is 1. The fourth-order valence-corrected chi connectivity index (χ4v) is 5.93. The van der Waals surface area contributed by atoms with Crippen LogP contribution in [0.5, 0.6) is 0 Å². The average molecular weight is 645 g/mol. The summed E-state index contributed by atoms with van der Waals surface area (Å²) in [6.45, 7) is 9.85. The van der Waals surface area contributed by atoms with Gasteiger partial charge in [0.1, 0.15) is 11.4 Å². The highest BCUT2D eigenvalue weighted by atomic mass is 35.5. The number of hydrogen-bond donors (Lipinski definition) is 1. The molecule has 12 heteroatoms. The fourth-order valence-electron chi connectivity index (χ4n) is 4.78. The lowest BCUT2D eigenvalue weighted by atomic mass is 10.1. The molecule has 228 valence electrons. The van der Waals surface area contributed by atoms with Crippen LogP contribution in [0.2, 0.25) is 10.0 Å². The number of hydrogen-bond acceptors (Lipinski definition) is 7. The molecule has 0 saturated heterocycles. The van der Waals surface area contributed by atoms with E-state index in [4.69, 9.17) is 32.9 Å². The Labute approximate surface area is 265 Å². The number of nitrogens with one attached hydrogen (secondary N) is 1. The van der Waals surface area contributed by atoms with Crippen LogP contribution in [0.4, 0.5) is 4.79 Å². The number of fused-ring (bicyclic) bond motifs is 1. The lowest BCUT2D eigenvalue weighted by molar-refractivity contribution is 0.0523. The van der Waals surface area contributed by atoms with E-state index in [1.165, 1.54) is 0 Å². The van der Waals surface area contributed by atoms with E-state index >= 15 is 0 Å². The Balaban J connectivity index is 1.77. The summed E-state index contributed by atoms with van der Waals surface area (Å²) in [6, 6.07) is 13.9. The number of aryl methyl sites for hydroxylation is 1. The van der Waals surface area contributed by atoms with E-state index in [2.05, 4.69) is 9.69 Å². The van der Waals surface area contributed by atoms with E-state index in [0.717, 1.165) is 17.1 Å². The number of carbonyl (C=O) groups excluding carboxylic acids is 2. The number of amides is 2. The van der Waals surface area contributed by atoms with Crippen molar-refractivity contribution in [2.24, 2.45) is 0 Å². The Kier molecular flexibility index (Phi) is 10.5. The maximum Gasteiger partial charge on any atom is 0.407 e. The highest BCUT2D eigenvalue weighted by Crippen LogP contribution is 2.32. The summed E-state index contributed by atoms with van der Waals surface area (Å²) in [7, 11) is 0. The zero-order valence-corrected chi connectivity index (χ0v) is 27.1. The second kappa shape index (κ2) is 13.9. The molecule has 0 fully saturated rings. The third-order valence-electron chi connectivity index (χ3n) is 6.73. The number of alkyl carbamates (subject to hydrolysis) is 1. The minimum Gasteiger partial charge on any atom is -0.444 e. The Bertz CT molecular complexity index is 1670. The molecule has 2 heterocycles. The van der Waals surface area contributed by atoms with Crippen molar-refractivity contribution in [1.29, 1.82) is 0 Å². The number of nitrogens with zero attached hydrogens (tertiary/aromatic N) is 4. The van der Waals surface area contributed by atoms with Gasteiger partial charge in [-0.15, -0.1) is 0 Å². The highest BCUT2D eigenvalue weighted by molar-refractivity contribution is 7.12. The molecular weight excluding hydrogens is 609 g/mol. The van der Waals surface area contributed by atoms with Gasteiger partial charge in [-0.3, -0.25) is 14.2 Å². The molecule has 1 unspecified atom stereocenters. The summed E-state index contributed by atoms with van der Waals surface area (Å²) in [5, 5.41) is 3.62. The standard InChI is InChI=1S/C31H35Cl2N5O4S/c1-6-23(26-35-27-24(19(2)36-43-27)29(40)38(26)18-20-12-8-7-9-13-20)37(17-11-16-34-30(41)42-31(3,4)5)28(39)21-14-10-15-22(32)25(21)33/h7-10,12-15,23H,6,11,16-18H2,1-5H3,(H,34,41). The summed E-state index contributed by atoms with van der Waals surface area (Å²) in [6.07, 6.45) is 0.318. The predicted molar refractivity (Wildman–Crippen MR) is 171 cm³/mol. The Morgan fingerprint density at radius 2 is 1.84 bits per heavy atom. The summed E-state index contributed by atoms with van der Waals surface area (Å²) in [5.41, 5.74) is 0.920. The van der Waals surface area contributed by atoms with Gasteiger partial charge in [0.2, 0.25) is 0 Å². The third-order valence-corrected chi connectivity index (χ3v) is 8.38. The predicted octanol–water partition coefficient (Wildman–Crippen LogP) is 7.02. The maximum atomic E-state index is 14.2. The monoisotopic (exact) mass is 643 g/mol. The van der Waals surface area contributed by atoms with Crippen molar-refractivity contribution < 1.29 is 14.3 Å². The average Bonchev–Trinajstić information content (AvgIpc) is 3.33. The summed E-state index contributed by atoms with van der Waals surface area (Å²) in [5.74, 6) is 0.0804. The number of carbonyl (C=O) groups is 2. The van der Waals surface area contributed by atoms with Crippen LogP contribution >= 0.6 is 34.7 Å². The maximum absolute atomic E-state index is 14.2. The van der Waals surface area contributed by atoms with Crippen molar-refractivity contribution >= 4 is 57.0 Å². The van der Waals surface area contributed by atoms with Crippen LogP contribution in [-0.4, -0.2) is 49.5 Å². The van der Waals surface area contributed by atoms with Crippen LogP contribution in [0.15, 0.2) is 53.3 Å². The molecular formula is C31H35Cl2N5O4S. The minimum atomic E-state index is -0.634. The zero-order chi connectivity index (χ0) is 31.3. The van der Waals surface area contributed by atoms with Gasteiger partial charge in [-0.1, -0.05) is 66.5 Å².